The van der Waals surface area contributed by atoms with Crippen LogP contribution in [0.2, 0.25) is 0 Å². The van der Waals surface area contributed by atoms with E-state index >= 15 is 0 Å². The summed E-state index contributed by atoms with van der Waals surface area (Å²) >= 11 is 0. The van der Waals surface area contributed by atoms with Gasteiger partial charge in [-0.2, -0.15) is 4.98 Å². The van der Waals surface area contributed by atoms with Gasteiger partial charge in [0.05, 0.1) is 6.42 Å². The Balaban J connectivity index is 2.71. The standard InChI is InChI=1S/C13H22N2O3/c1-6-9(17-7-2)12-14-11(18-15-12)8-10(16)13(3,4)5/h9H,6-8H2,1-5H3. The summed E-state index contributed by atoms with van der Waals surface area (Å²) in [5.41, 5.74) is -0.390. The fraction of sp³-hybridized carbons (Fsp3) is 0.769. The van der Waals surface area contributed by atoms with E-state index in [0.717, 1.165) is 6.42 Å². The van der Waals surface area contributed by atoms with Crippen molar-refractivity contribution >= 4 is 5.78 Å². The number of nitrogens with zero attached hydrogens (tertiary/aromatic N) is 2. The van der Waals surface area contributed by atoms with Crippen molar-refractivity contribution in [2.45, 2.75) is 53.6 Å². The Morgan fingerprint density at radius 2 is 2.06 bits per heavy atom. The van der Waals surface area contributed by atoms with E-state index in [-0.39, 0.29) is 18.3 Å². The summed E-state index contributed by atoms with van der Waals surface area (Å²) in [6.07, 6.45) is 0.802. The van der Waals surface area contributed by atoms with Gasteiger partial charge in [-0.15, -0.1) is 0 Å². The van der Waals surface area contributed by atoms with Gasteiger partial charge in [0.2, 0.25) is 11.7 Å². The third kappa shape index (κ3) is 3.91. The zero-order valence-corrected chi connectivity index (χ0v) is 11.8. The second-order valence-corrected chi connectivity index (χ2v) is 5.25. The molecule has 0 radical (unpaired) electrons. The Labute approximate surface area is 108 Å². The van der Waals surface area contributed by atoms with Crippen molar-refractivity contribution in [2.75, 3.05) is 6.61 Å². The highest BCUT2D eigenvalue weighted by Gasteiger charge is 2.24. The molecule has 1 aromatic heterocycles. The summed E-state index contributed by atoms with van der Waals surface area (Å²) < 4.78 is 10.6. The Morgan fingerprint density at radius 1 is 1.39 bits per heavy atom. The first kappa shape index (κ1) is 14.8. The molecule has 0 saturated heterocycles. The average Bonchev–Trinajstić information content (AvgIpc) is 2.73. The lowest BCUT2D eigenvalue weighted by molar-refractivity contribution is -0.125. The Hall–Kier alpha value is -1.23. The van der Waals surface area contributed by atoms with E-state index in [1.54, 1.807) is 0 Å². The molecule has 5 heteroatoms. The van der Waals surface area contributed by atoms with Crippen LogP contribution >= 0.6 is 0 Å². The lowest BCUT2D eigenvalue weighted by Crippen LogP contribution is -2.22. The van der Waals surface area contributed by atoms with Crippen LogP contribution in [-0.4, -0.2) is 22.5 Å². The molecule has 0 aliphatic carbocycles. The smallest absolute Gasteiger partial charge is 0.234 e. The van der Waals surface area contributed by atoms with Crippen LogP contribution in [0.5, 0.6) is 0 Å². The fourth-order valence-corrected chi connectivity index (χ4v) is 1.45. The zero-order chi connectivity index (χ0) is 13.8. The second-order valence-electron chi connectivity index (χ2n) is 5.25. The van der Waals surface area contributed by atoms with E-state index in [1.165, 1.54) is 0 Å². The van der Waals surface area contributed by atoms with Crippen LogP contribution in [0.3, 0.4) is 0 Å². The maximum absolute atomic E-state index is 11.8. The highest BCUT2D eigenvalue weighted by Crippen LogP contribution is 2.20. The molecule has 1 aromatic rings. The molecule has 5 nitrogen and oxygen atoms in total. The highest BCUT2D eigenvalue weighted by molar-refractivity contribution is 5.84. The third-order valence-electron chi connectivity index (χ3n) is 2.66. The second kappa shape index (κ2) is 6.09. The quantitative estimate of drug-likeness (QED) is 0.781. The summed E-state index contributed by atoms with van der Waals surface area (Å²) in [4.78, 5) is 16.1. The van der Waals surface area contributed by atoms with E-state index < -0.39 is 5.41 Å². The number of ether oxygens (including phenoxy) is 1. The molecule has 0 aliphatic rings. The maximum atomic E-state index is 11.8. The van der Waals surface area contributed by atoms with Crippen LogP contribution in [0.4, 0.5) is 0 Å². The molecule has 0 bridgehead atoms. The zero-order valence-electron chi connectivity index (χ0n) is 11.8. The monoisotopic (exact) mass is 254 g/mol. The molecule has 1 heterocycles. The van der Waals surface area contributed by atoms with Crippen LogP contribution in [0.15, 0.2) is 4.52 Å². The van der Waals surface area contributed by atoms with E-state index in [9.17, 15) is 4.79 Å². The fourth-order valence-electron chi connectivity index (χ4n) is 1.45. The van der Waals surface area contributed by atoms with Crippen molar-refractivity contribution < 1.29 is 14.1 Å². The molecule has 0 aliphatic heterocycles. The van der Waals surface area contributed by atoms with Gasteiger partial charge in [0.1, 0.15) is 11.9 Å². The van der Waals surface area contributed by atoms with Crippen LogP contribution < -0.4 is 0 Å². The summed E-state index contributed by atoms with van der Waals surface area (Å²) in [6.45, 7) is 10.2. The van der Waals surface area contributed by atoms with Crippen molar-refractivity contribution in [1.82, 2.24) is 10.1 Å². The van der Waals surface area contributed by atoms with Crippen molar-refractivity contribution in [3.63, 3.8) is 0 Å². The van der Waals surface area contributed by atoms with Crippen molar-refractivity contribution in [1.29, 1.82) is 0 Å². The minimum absolute atomic E-state index is 0.0853. The van der Waals surface area contributed by atoms with E-state index in [4.69, 9.17) is 9.26 Å². The predicted molar refractivity (Wildman–Crippen MR) is 67.1 cm³/mol. The Kier molecular flexibility index (Phi) is 5.02. The minimum Gasteiger partial charge on any atom is -0.370 e. The van der Waals surface area contributed by atoms with Gasteiger partial charge in [0, 0.05) is 12.0 Å². The van der Waals surface area contributed by atoms with Crippen LogP contribution in [-0.2, 0) is 16.0 Å². The molecule has 1 rings (SSSR count). The van der Waals surface area contributed by atoms with Gasteiger partial charge in [-0.3, -0.25) is 4.79 Å². The number of hydrogen-bond donors (Lipinski definition) is 0. The normalized spacial score (nSPS) is 13.6. The van der Waals surface area contributed by atoms with Gasteiger partial charge in [0.25, 0.3) is 0 Å². The Bertz CT molecular complexity index is 393. The van der Waals surface area contributed by atoms with Gasteiger partial charge in [0.15, 0.2) is 0 Å². The van der Waals surface area contributed by atoms with Crippen molar-refractivity contribution in [3.05, 3.63) is 11.7 Å². The van der Waals surface area contributed by atoms with Crippen LogP contribution in [0.1, 0.15) is 58.9 Å². The van der Waals surface area contributed by atoms with Gasteiger partial charge in [-0.1, -0.05) is 32.9 Å². The summed E-state index contributed by atoms with van der Waals surface area (Å²) in [5.74, 6) is 0.973. The SMILES string of the molecule is CCOC(CC)c1noc(CC(=O)C(C)(C)C)n1. The number of ketones is 1. The first-order chi connectivity index (χ1) is 8.38. The average molecular weight is 254 g/mol. The summed E-state index contributed by atoms with van der Waals surface area (Å²) in [5, 5.41) is 3.88. The number of Topliss-reactive ketones (excluding diaryl/α,β-unsaturated/α-hetero) is 1. The van der Waals surface area contributed by atoms with Crippen LogP contribution in [0.25, 0.3) is 0 Å². The van der Waals surface area contributed by atoms with E-state index in [1.807, 2.05) is 34.6 Å². The minimum atomic E-state index is -0.390. The number of rotatable bonds is 6. The van der Waals surface area contributed by atoms with Gasteiger partial charge < -0.3 is 9.26 Å². The largest absolute Gasteiger partial charge is 0.370 e. The topological polar surface area (TPSA) is 65.2 Å². The molecule has 1 unspecified atom stereocenters. The molecular formula is C13H22N2O3. The van der Waals surface area contributed by atoms with Gasteiger partial charge in [-0.05, 0) is 13.3 Å². The van der Waals surface area contributed by atoms with Crippen molar-refractivity contribution in [2.24, 2.45) is 5.41 Å². The summed E-state index contributed by atoms with van der Waals surface area (Å²) in [6, 6.07) is 0. The molecule has 0 aromatic carbocycles. The van der Waals surface area contributed by atoms with Crippen LogP contribution in [0, 0.1) is 5.41 Å². The molecular weight excluding hydrogens is 232 g/mol. The van der Waals surface area contributed by atoms with Crippen molar-refractivity contribution in [3.8, 4) is 0 Å². The number of hydrogen-bond acceptors (Lipinski definition) is 5. The van der Waals surface area contributed by atoms with Gasteiger partial charge in [-0.25, -0.2) is 0 Å². The molecule has 0 fully saturated rings. The van der Waals surface area contributed by atoms with Gasteiger partial charge >= 0.3 is 0 Å². The first-order valence-corrected chi connectivity index (χ1v) is 6.35. The van der Waals surface area contributed by atoms with E-state index in [2.05, 4.69) is 10.1 Å². The lowest BCUT2D eigenvalue weighted by Gasteiger charge is -2.14. The molecule has 1 atom stereocenters. The predicted octanol–water partition coefficient (Wildman–Crippen LogP) is 2.71. The molecule has 18 heavy (non-hydrogen) atoms. The number of carbonyl (C=O) groups is 1. The molecule has 0 N–H and O–H groups in total. The number of aromatic nitrogens is 2. The highest BCUT2D eigenvalue weighted by atomic mass is 16.5. The first-order valence-electron chi connectivity index (χ1n) is 6.35. The Morgan fingerprint density at radius 3 is 2.56 bits per heavy atom. The third-order valence-corrected chi connectivity index (χ3v) is 2.66. The number of carbonyl (C=O) groups excluding carboxylic acids is 1. The summed E-state index contributed by atoms with van der Waals surface area (Å²) in [7, 11) is 0. The molecule has 0 spiro atoms. The lowest BCUT2D eigenvalue weighted by atomic mass is 9.89. The molecule has 0 saturated carbocycles. The maximum Gasteiger partial charge on any atom is 0.234 e. The molecule has 0 amide bonds. The molecule has 102 valence electrons. The van der Waals surface area contributed by atoms with E-state index in [0.29, 0.717) is 18.3 Å².